The molecule has 2 rings (SSSR count). The molecule has 1 heterocycles. The molecule has 0 aliphatic carbocycles. The van der Waals surface area contributed by atoms with Crippen LogP contribution in [0.2, 0.25) is 10.0 Å². The summed E-state index contributed by atoms with van der Waals surface area (Å²) in [4.78, 5) is 13.9. The molecule has 0 spiro atoms. The lowest BCUT2D eigenvalue weighted by atomic mass is 10.2. The Labute approximate surface area is 134 Å². The molecule has 0 aromatic heterocycles. The minimum atomic E-state index is -0.0278. The average molecular weight is 340 g/mol. The van der Waals surface area contributed by atoms with Gasteiger partial charge in [0, 0.05) is 30.7 Å². The van der Waals surface area contributed by atoms with Gasteiger partial charge < -0.3 is 15.0 Å². The number of rotatable bonds is 3. The first-order valence-electron chi connectivity index (χ1n) is 6.16. The molecule has 1 N–H and O–H groups in total. The van der Waals surface area contributed by atoms with Crippen molar-refractivity contribution in [2.75, 3.05) is 26.2 Å². The van der Waals surface area contributed by atoms with Crippen molar-refractivity contribution >= 4 is 41.5 Å². The van der Waals surface area contributed by atoms with Crippen LogP contribution in [0.1, 0.15) is 6.92 Å². The van der Waals surface area contributed by atoms with E-state index in [2.05, 4.69) is 5.32 Å². The van der Waals surface area contributed by atoms with E-state index in [0.29, 0.717) is 22.3 Å². The number of nitrogens with one attached hydrogen (secondary N) is 1. The molecule has 0 saturated carbocycles. The second-order valence-electron chi connectivity index (χ2n) is 4.50. The maximum Gasteiger partial charge on any atom is 0.260 e. The molecule has 1 atom stereocenters. The predicted octanol–water partition coefficient (Wildman–Crippen LogP) is 2.61. The van der Waals surface area contributed by atoms with Gasteiger partial charge in [0.05, 0.1) is 5.02 Å². The monoisotopic (exact) mass is 338 g/mol. The highest BCUT2D eigenvalue weighted by molar-refractivity contribution is 6.35. The molecule has 1 aliphatic rings. The summed E-state index contributed by atoms with van der Waals surface area (Å²) in [7, 11) is 0. The lowest BCUT2D eigenvalue weighted by Gasteiger charge is -2.33. The van der Waals surface area contributed by atoms with Gasteiger partial charge >= 0.3 is 0 Å². The molecule has 1 amide bonds. The zero-order valence-electron chi connectivity index (χ0n) is 11.1. The summed E-state index contributed by atoms with van der Waals surface area (Å²) >= 11 is 11.8. The van der Waals surface area contributed by atoms with Crippen LogP contribution in [0.3, 0.4) is 0 Å². The molecular formula is C13H17Cl3N2O2. The Morgan fingerprint density at radius 1 is 1.50 bits per heavy atom. The Kier molecular flexibility index (Phi) is 6.89. The number of nitrogens with zero attached hydrogens (tertiary/aromatic N) is 1. The van der Waals surface area contributed by atoms with Crippen LogP contribution in [-0.2, 0) is 4.79 Å². The van der Waals surface area contributed by atoms with Gasteiger partial charge in [-0.25, -0.2) is 0 Å². The van der Waals surface area contributed by atoms with Crippen molar-refractivity contribution in [2.24, 2.45) is 0 Å². The number of piperazine rings is 1. The van der Waals surface area contributed by atoms with E-state index in [4.69, 9.17) is 27.9 Å². The normalized spacial score (nSPS) is 18.4. The lowest BCUT2D eigenvalue weighted by molar-refractivity contribution is -0.136. The number of carbonyl (C=O) groups excluding carboxylic acids is 1. The minimum Gasteiger partial charge on any atom is -0.482 e. The van der Waals surface area contributed by atoms with Gasteiger partial charge in [0.1, 0.15) is 5.75 Å². The summed E-state index contributed by atoms with van der Waals surface area (Å²) in [5.41, 5.74) is 0. The smallest absolute Gasteiger partial charge is 0.260 e. The zero-order valence-corrected chi connectivity index (χ0v) is 13.4. The first-order valence-corrected chi connectivity index (χ1v) is 6.91. The van der Waals surface area contributed by atoms with Gasteiger partial charge in [0.25, 0.3) is 5.91 Å². The maximum atomic E-state index is 12.1. The molecule has 112 valence electrons. The Bertz CT molecular complexity index is 471. The summed E-state index contributed by atoms with van der Waals surface area (Å²) in [6, 6.07) is 5.13. The molecule has 7 heteroatoms. The largest absolute Gasteiger partial charge is 0.482 e. The predicted molar refractivity (Wildman–Crippen MR) is 83.2 cm³/mol. The third kappa shape index (κ3) is 4.42. The van der Waals surface area contributed by atoms with Crippen molar-refractivity contribution in [3.8, 4) is 5.75 Å². The lowest BCUT2D eigenvalue weighted by Crippen LogP contribution is -2.53. The first-order chi connectivity index (χ1) is 9.08. The standard InChI is InChI=1S/C13H16Cl2N2O2.ClH/c1-9-7-16-4-5-17(9)13(18)8-19-12-3-2-10(14)6-11(12)15;/h2-3,6,9,16H,4-5,7-8H2,1H3;1H/t9-;/m1./s1. The van der Waals surface area contributed by atoms with Gasteiger partial charge in [0.2, 0.25) is 0 Å². The molecular weight excluding hydrogens is 323 g/mol. The van der Waals surface area contributed by atoms with Crippen LogP contribution in [0.5, 0.6) is 5.75 Å². The van der Waals surface area contributed by atoms with Crippen LogP contribution >= 0.6 is 35.6 Å². The molecule has 1 aromatic rings. The molecule has 1 saturated heterocycles. The number of ether oxygens (including phenoxy) is 1. The molecule has 0 bridgehead atoms. The molecule has 0 unspecified atom stereocenters. The molecule has 1 aromatic carbocycles. The third-order valence-corrected chi connectivity index (χ3v) is 3.60. The van der Waals surface area contributed by atoms with Crippen LogP contribution in [0.15, 0.2) is 18.2 Å². The summed E-state index contributed by atoms with van der Waals surface area (Å²) in [6.45, 7) is 4.34. The second kappa shape index (κ2) is 7.93. The summed E-state index contributed by atoms with van der Waals surface area (Å²) in [5.74, 6) is 0.447. The molecule has 4 nitrogen and oxygen atoms in total. The number of hydrogen-bond acceptors (Lipinski definition) is 3. The Hall–Kier alpha value is -0.680. The SMILES string of the molecule is C[C@@H]1CNCCN1C(=O)COc1ccc(Cl)cc1Cl.Cl. The van der Waals surface area contributed by atoms with E-state index in [1.807, 2.05) is 11.8 Å². The molecule has 0 radical (unpaired) electrons. The highest BCUT2D eigenvalue weighted by atomic mass is 35.5. The van der Waals surface area contributed by atoms with Crippen molar-refractivity contribution in [2.45, 2.75) is 13.0 Å². The summed E-state index contributed by atoms with van der Waals surface area (Å²) < 4.78 is 5.45. The van der Waals surface area contributed by atoms with E-state index >= 15 is 0 Å². The van der Waals surface area contributed by atoms with Crippen molar-refractivity contribution in [1.29, 1.82) is 0 Å². The van der Waals surface area contributed by atoms with Gasteiger partial charge in [-0.3, -0.25) is 4.79 Å². The van der Waals surface area contributed by atoms with Crippen molar-refractivity contribution in [3.05, 3.63) is 28.2 Å². The number of halogens is 3. The molecule has 1 aliphatic heterocycles. The fraction of sp³-hybridized carbons (Fsp3) is 0.462. The zero-order chi connectivity index (χ0) is 13.8. The molecule has 20 heavy (non-hydrogen) atoms. The van der Waals surface area contributed by atoms with Crippen molar-refractivity contribution < 1.29 is 9.53 Å². The Morgan fingerprint density at radius 3 is 2.90 bits per heavy atom. The van der Waals surface area contributed by atoms with E-state index in [0.717, 1.165) is 13.1 Å². The average Bonchev–Trinajstić information content (AvgIpc) is 2.38. The Morgan fingerprint density at radius 2 is 2.25 bits per heavy atom. The van der Waals surface area contributed by atoms with Crippen LogP contribution in [0.4, 0.5) is 0 Å². The number of amides is 1. The van der Waals surface area contributed by atoms with Gasteiger partial charge in [-0.05, 0) is 25.1 Å². The second-order valence-corrected chi connectivity index (χ2v) is 5.35. The minimum absolute atomic E-state index is 0. The summed E-state index contributed by atoms with van der Waals surface area (Å²) in [6.07, 6.45) is 0. The van der Waals surface area contributed by atoms with Crippen molar-refractivity contribution in [1.82, 2.24) is 10.2 Å². The highest BCUT2D eigenvalue weighted by Crippen LogP contribution is 2.27. The quantitative estimate of drug-likeness (QED) is 0.920. The number of benzene rings is 1. The fourth-order valence-corrected chi connectivity index (χ4v) is 2.49. The topological polar surface area (TPSA) is 41.6 Å². The summed E-state index contributed by atoms with van der Waals surface area (Å²) in [5, 5.41) is 4.19. The first kappa shape index (κ1) is 17.4. The van der Waals surface area contributed by atoms with E-state index in [-0.39, 0.29) is 31.0 Å². The van der Waals surface area contributed by atoms with E-state index < -0.39 is 0 Å². The van der Waals surface area contributed by atoms with Gasteiger partial charge in [-0.15, -0.1) is 12.4 Å². The maximum absolute atomic E-state index is 12.1. The van der Waals surface area contributed by atoms with Gasteiger partial charge in [0.15, 0.2) is 6.61 Å². The van der Waals surface area contributed by atoms with Crippen LogP contribution in [-0.4, -0.2) is 43.1 Å². The van der Waals surface area contributed by atoms with Crippen LogP contribution < -0.4 is 10.1 Å². The van der Waals surface area contributed by atoms with Gasteiger partial charge in [-0.1, -0.05) is 23.2 Å². The van der Waals surface area contributed by atoms with Crippen LogP contribution in [0.25, 0.3) is 0 Å². The molecule has 1 fully saturated rings. The van der Waals surface area contributed by atoms with Gasteiger partial charge in [-0.2, -0.15) is 0 Å². The third-order valence-electron chi connectivity index (χ3n) is 3.07. The van der Waals surface area contributed by atoms with Crippen LogP contribution in [0, 0.1) is 0 Å². The fourth-order valence-electron chi connectivity index (χ4n) is 2.03. The Balaban J connectivity index is 0.00000200. The number of hydrogen-bond donors (Lipinski definition) is 1. The highest BCUT2D eigenvalue weighted by Gasteiger charge is 2.23. The number of carbonyl (C=O) groups is 1. The van der Waals surface area contributed by atoms with Crippen molar-refractivity contribution in [3.63, 3.8) is 0 Å². The van der Waals surface area contributed by atoms with E-state index in [1.165, 1.54) is 0 Å². The van der Waals surface area contributed by atoms with E-state index in [9.17, 15) is 4.79 Å². The van der Waals surface area contributed by atoms with E-state index in [1.54, 1.807) is 18.2 Å².